The van der Waals surface area contributed by atoms with Crippen LogP contribution < -0.4 is 0 Å². The fourth-order valence-corrected chi connectivity index (χ4v) is 4.28. The van der Waals surface area contributed by atoms with Crippen LogP contribution >= 0.6 is 0 Å². The summed E-state index contributed by atoms with van der Waals surface area (Å²) < 4.78 is 15.2. The van der Waals surface area contributed by atoms with E-state index in [1.165, 1.54) is 22.0 Å². The molecule has 0 N–H and O–H groups in total. The van der Waals surface area contributed by atoms with Gasteiger partial charge in [0.25, 0.3) is 0 Å². The summed E-state index contributed by atoms with van der Waals surface area (Å²) in [5, 5.41) is 1.33. The normalized spacial score (nSPS) is 19.0. The molecule has 0 radical (unpaired) electrons. The SMILES string of the molecule is Cn1cc(CC(CCc2ccccc2)B2OC(C)(C)C(C)(C)O2)c2ccccc21. The molecule has 1 aliphatic rings. The van der Waals surface area contributed by atoms with Crippen molar-refractivity contribution in [3.63, 3.8) is 0 Å². The van der Waals surface area contributed by atoms with E-state index in [2.05, 4.69) is 100 Å². The smallest absolute Gasteiger partial charge is 0.403 e. The average molecular weight is 389 g/mol. The zero-order valence-electron chi connectivity index (χ0n) is 18.3. The minimum Gasteiger partial charge on any atom is -0.403 e. The van der Waals surface area contributed by atoms with Crippen LogP contribution in [0.4, 0.5) is 0 Å². The monoisotopic (exact) mass is 389 g/mol. The van der Waals surface area contributed by atoms with Crippen LogP contribution in [0.5, 0.6) is 0 Å². The Bertz CT molecular complexity index is 961. The second-order valence-corrected chi connectivity index (χ2v) is 9.40. The van der Waals surface area contributed by atoms with Gasteiger partial charge >= 0.3 is 7.12 Å². The van der Waals surface area contributed by atoms with Gasteiger partial charge in [0.2, 0.25) is 0 Å². The fourth-order valence-electron chi connectivity index (χ4n) is 4.28. The molecule has 0 spiro atoms. The molecule has 4 rings (SSSR count). The van der Waals surface area contributed by atoms with Crippen molar-refractivity contribution >= 4 is 18.0 Å². The highest BCUT2D eigenvalue weighted by molar-refractivity contribution is 6.47. The molecule has 4 heteroatoms. The van der Waals surface area contributed by atoms with Crippen molar-refractivity contribution in [3.05, 3.63) is 71.9 Å². The van der Waals surface area contributed by atoms with E-state index in [1.54, 1.807) is 0 Å². The number of hydrogen-bond acceptors (Lipinski definition) is 2. The van der Waals surface area contributed by atoms with Gasteiger partial charge in [-0.1, -0.05) is 48.5 Å². The zero-order chi connectivity index (χ0) is 20.6. The molecule has 2 heterocycles. The van der Waals surface area contributed by atoms with Crippen LogP contribution in [0.2, 0.25) is 5.82 Å². The predicted molar refractivity (Wildman–Crippen MR) is 121 cm³/mol. The van der Waals surface area contributed by atoms with E-state index in [0.717, 1.165) is 19.3 Å². The van der Waals surface area contributed by atoms with Crippen molar-refractivity contribution in [2.24, 2.45) is 7.05 Å². The molecule has 29 heavy (non-hydrogen) atoms. The largest absolute Gasteiger partial charge is 0.461 e. The Morgan fingerprint density at radius 3 is 2.21 bits per heavy atom. The van der Waals surface area contributed by atoms with Crippen LogP contribution in [0.15, 0.2) is 60.8 Å². The van der Waals surface area contributed by atoms with Crippen molar-refractivity contribution < 1.29 is 9.31 Å². The predicted octanol–water partition coefficient (Wildman–Crippen LogP) is 5.82. The molecule has 0 saturated carbocycles. The van der Waals surface area contributed by atoms with Crippen molar-refractivity contribution in [1.29, 1.82) is 0 Å². The van der Waals surface area contributed by atoms with E-state index in [9.17, 15) is 0 Å². The van der Waals surface area contributed by atoms with Gasteiger partial charge in [0.15, 0.2) is 0 Å². The third kappa shape index (κ3) is 4.01. The van der Waals surface area contributed by atoms with Gasteiger partial charge in [-0.3, -0.25) is 0 Å². The maximum absolute atomic E-state index is 6.48. The number of nitrogens with zero attached hydrogens (tertiary/aromatic N) is 1. The third-order valence-electron chi connectivity index (χ3n) is 6.76. The number of aryl methyl sites for hydroxylation is 2. The van der Waals surface area contributed by atoms with Gasteiger partial charge in [-0.2, -0.15) is 0 Å². The second kappa shape index (κ2) is 7.66. The molecule has 2 aromatic carbocycles. The summed E-state index contributed by atoms with van der Waals surface area (Å²) in [5.41, 5.74) is 3.41. The molecule has 152 valence electrons. The number of rotatable bonds is 6. The molecule has 1 aromatic heterocycles. The summed E-state index contributed by atoms with van der Waals surface area (Å²) in [7, 11) is 1.93. The average Bonchev–Trinajstić information content (AvgIpc) is 3.12. The summed E-state index contributed by atoms with van der Waals surface area (Å²) >= 11 is 0. The van der Waals surface area contributed by atoms with E-state index in [0.29, 0.717) is 5.82 Å². The van der Waals surface area contributed by atoms with E-state index in [-0.39, 0.29) is 18.3 Å². The summed E-state index contributed by atoms with van der Waals surface area (Å²) in [5.74, 6) is 0.294. The quantitative estimate of drug-likeness (QED) is 0.496. The first-order valence-corrected chi connectivity index (χ1v) is 10.7. The Morgan fingerprint density at radius 2 is 1.52 bits per heavy atom. The van der Waals surface area contributed by atoms with Crippen molar-refractivity contribution in [3.8, 4) is 0 Å². The lowest BCUT2D eigenvalue weighted by molar-refractivity contribution is 0.00578. The third-order valence-corrected chi connectivity index (χ3v) is 6.76. The van der Waals surface area contributed by atoms with Crippen molar-refractivity contribution in [2.45, 2.75) is 64.0 Å². The minimum atomic E-state index is -0.304. The lowest BCUT2D eigenvalue weighted by Gasteiger charge is -2.32. The molecule has 0 bridgehead atoms. The highest BCUT2D eigenvalue weighted by Gasteiger charge is 2.53. The minimum absolute atomic E-state index is 0.192. The van der Waals surface area contributed by atoms with Gasteiger partial charge in [0.1, 0.15) is 0 Å². The van der Waals surface area contributed by atoms with Crippen LogP contribution in [0.25, 0.3) is 10.9 Å². The van der Waals surface area contributed by atoms with E-state index >= 15 is 0 Å². The Kier molecular flexibility index (Phi) is 5.35. The van der Waals surface area contributed by atoms with Crippen molar-refractivity contribution in [2.75, 3.05) is 0 Å². The molecule has 1 saturated heterocycles. The summed E-state index contributed by atoms with van der Waals surface area (Å²) in [6.45, 7) is 8.55. The van der Waals surface area contributed by atoms with Crippen LogP contribution in [-0.4, -0.2) is 22.9 Å². The van der Waals surface area contributed by atoms with Crippen LogP contribution in [0.3, 0.4) is 0 Å². The first-order valence-electron chi connectivity index (χ1n) is 10.7. The lowest BCUT2D eigenvalue weighted by atomic mass is 9.66. The Hall–Kier alpha value is -2.04. The van der Waals surface area contributed by atoms with Crippen molar-refractivity contribution in [1.82, 2.24) is 4.57 Å². The Morgan fingerprint density at radius 1 is 0.897 bits per heavy atom. The van der Waals surface area contributed by atoms with Gasteiger partial charge in [0.05, 0.1) is 11.2 Å². The lowest BCUT2D eigenvalue weighted by Crippen LogP contribution is -2.41. The Balaban J connectivity index is 1.61. The zero-order valence-corrected chi connectivity index (χ0v) is 18.3. The van der Waals surface area contributed by atoms with E-state index < -0.39 is 0 Å². The van der Waals surface area contributed by atoms with Gasteiger partial charge in [-0.25, -0.2) is 0 Å². The molecule has 1 unspecified atom stereocenters. The van der Waals surface area contributed by atoms with Crippen LogP contribution in [-0.2, 0) is 29.2 Å². The Labute approximate surface area is 175 Å². The van der Waals surface area contributed by atoms with Gasteiger partial charge < -0.3 is 13.9 Å². The maximum atomic E-state index is 6.48. The first kappa shape index (κ1) is 20.2. The van der Waals surface area contributed by atoms with Crippen LogP contribution in [0.1, 0.15) is 45.2 Å². The number of hydrogen-bond donors (Lipinski definition) is 0. The van der Waals surface area contributed by atoms with E-state index in [1.807, 2.05) is 0 Å². The summed E-state index contributed by atoms with van der Waals surface area (Å²) in [4.78, 5) is 0. The fraction of sp³-hybridized carbons (Fsp3) is 0.440. The molecule has 3 nitrogen and oxygen atoms in total. The molecular formula is C25H32BNO2. The second-order valence-electron chi connectivity index (χ2n) is 9.40. The molecule has 0 amide bonds. The highest BCUT2D eigenvalue weighted by atomic mass is 16.7. The van der Waals surface area contributed by atoms with Gasteiger partial charge in [-0.05, 0) is 70.0 Å². The molecule has 3 aromatic rings. The first-order chi connectivity index (χ1) is 13.8. The summed E-state index contributed by atoms with van der Waals surface area (Å²) in [6, 6.07) is 19.4. The number of benzene rings is 2. The molecular weight excluding hydrogens is 357 g/mol. The molecule has 1 aliphatic heterocycles. The number of fused-ring (bicyclic) bond motifs is 1. The highest BCUT2D eigenvalue weighted by Crippen LogP contribution is 2.42. The maximum Gasteiger partial charge on any atom is 0.461 e. The molecule has 1 atom stereocenters. The number of para-hydroxylation sites is 1. The van der Waals surface area contributed by atoms with E-state index in [4.69, 9.17) is 9.31 Å². The number of aromatic nitrogens is 1. The standard InChI is InChI=1S/C25H32BNO2/c1-24(2)25(3,4)29-26(28-24)21(16-15-19-11-7-6-8-12-19)17-20-18-27(5)23-14-10-9-13-22(20)23/h6-14,18,21H,15-17H2,1-5H3. The van der Waals surface area contributed by atoms with Gasteiger partial charge in [-0.15, -0.1) is 0 Å². The topological polar surface area (TPSA) is 23.4 Å². The van der Waals surface area contributed by atoms with Crippen LogP contribution in [0, 0.1) is 0 Å². The van der Waals surface area contributed by atoms with Gasteiger partial charge in [0, 0.05) is 24.1 Å². The summed E-state index contributed by atoms with van der Waals surface area (Å²) in [6.07, 6.45) is 5.28. The molecule has 0 aliphatic carbocycles. The molecule has 1 fully saturated rings.